The Hall–Kier alpha value is -1.98. The third-order valence-corrected chi connectivity index (χ3v) is 3.84. The van der Waals surface area contributed by atoms with Crippen molar-refractivity contribution in [3.05, 3.63) is 18.0 Å². The zero-order valence-corrected chi connectivity index (χ0v) is 13.0. The molecular weight excluding hydrogens is 268 g/mol. The Balaban J connectivity index is 2.24. The molecule has 6 heteroatoms. The number of hydrogen-bond acceptors (Lipinski definition) is 3. The Labute approximate surface area is 125 Å². The van der Waals surface area contributed by atoms with E-state index < -0.39 is 0 Å². The highest BCUT2D eigenvalue weighted by Gasteiger charge is 2.36. The summed E-state index contributed by atoms with van der Waals surface area (Å²) in [4.78, 5) is 28.2. The number of rotatable bonds is 4. The van der Waals surface area contributed by atoms with Gasteiger partial charge in [0, 0.05) is 33.4 Å². The summed E-state index contributed by atoms with van der Waals surface area (Å²) in [5.74, 6) is -0.111. The van der Waals surface area contributed by atoms with Crippen molar-refractivity contribution in [2.24, 2.45) is 0 Å². The summed E-state index contributed by atoms with van der Waals surface area (Å²) >= 11 is 0. The Morgan fingerprint density at radius 3 is 2.76 bits per heavy atom. The second-order valence-electron chi connectivity index (χ2n) is 5.74. The second-order valence-corrected chi connectivity index (χ2v) is 5.74. The maximum absolute atomic E-state index is 12.8. The van der Waals surface area contributed by atoms with Gasteiger partial charge in [-0.1, -0.05) is 6.92 Å². The van der Waals surface area contributed by atoms with Gasteiger partial charge in [-0.15, -0.1) is 0 Å². The third-order valence-electron chi connectivity index (χ3n) is 3.84. The van der Waals surface area contributed by atoms with Gasteiger partial charge in [0.1, 0.15) is 11.7 Å². The first kappa shape index (κ1) is 15.4. The predicted octanol–water partition coefficient (Wildman–Crippen LogP) is 1.17. The fourth-order valence-electron chi connectivity index (χ4n) is 2.85. The van der Waals surface area contributed by atoms with Gasteiger partial charge in [0.25, 0.3) is 5.91 Å². The van der Waals surface area contributed by atoms with Crippen LogP contribution in [0.25, 0.3) is 0 Å². The first-order chi connectivity index (χ1) is 9.95. The Morgan fingerprint density at radius 2 is 2.14 bits per heavy atom. The van der Waals surface area contributed by atoms with Crippen LogP contribution in [0.4, 0.5) is 5.69 Å². The van der Waals surface area contributed by atoms with Crippen molar-refractivity contribution in [3.63, 3.8) is 0 Å². The van der Waals surface area contributed by atoms with Crippen LogP contribution in [0.2, 0.25) is 0 Å². The van der Waals surface area contributed by atoms with E-state index in [0.29, 0.717) is 17.9 Å². The maximum Gasteiger partial charge on any atom is 0.271 e. The van der Waals surface area contributed by atoms with Crippen molar-refractivity contribution in [2.75, 3.05) is 26.4 Å². The van der Waals surface area contributed by atoms with E-state index in [0.717, 1.165) is 25.8 Å². The number of anilines is 1. The van der Waals surface area contributed by atoms with Crippen molar-refractivity contribution in [1.29, 1.82) is 0 Å². The first-order valence-electron chi connectivity index (χ1n) is 7.43. The van der Waals surface area contributed by atoms with Crippen LogP contribution < -0.4 is 5.73 Å². The lowest BCUT2D eigenvalue weighted by atomic mass is 10.2. The number of hydrogen-bond donors (Lipinski definition) is 1. The van der Waals surface area contributed by atoms with Gasteiger partial charge in [0.2, 0.25) is 5.91 Å². The van der Waals surface area contributed by atoms with Crippen LogP contribution in [0.1, 0.15) is 36.7 Å². The van der Waals surface area contributed by atoms with Gasteiger partial charge >= 0.3 is 0 Å². The summed E-state index contributed by atoms with van der Waals surface area (Å²) in [7, 11) is 3.45. The average Bonchev–Trinajstić information content (AvgIpc) is 3.04. The van der Waals surface area contributed by atoms with Gasteiger partial charge in [-0.2, -0.15) is 0 Å². The molecule has 1 aliphatic heterocycles. The highest BCUT2D eigenvalue weighted by molar-refractivity contribution is 5.97. The lowest BCUT2D eigenvalue weighted by Gasteiger charge is -2.26. The molecule has 1 aliphatic rings. The number of aromatic nitrogens is 1. The molecule has 6 nitrogen and oxygen atoms in total. The number of aryl methyl sites for hydroxylation is 1. The molecule has 1 saturated heterocycles. The summed E-state index contributed by atoms with van der Waals surface area (Å²) in [6.45, 7) is 3.43. The van der Waals surface area contributed by atoms with E-state index in [4.69, 9.17) is 5.73 Å². The van der Waals surface area contributed by atoms with E-state index in [-0.39, 0.29) is 17.9 Å². The summed E-state index contributed by atoms with van der Waals surface area (Å²) in [6, 6.07) is 1.35. The summed E-state index contributed by atoms with van der Waals surface area (Å²) < 4.78 is 1.88. The van der Waals surface area contributed by atoms with Crippen LogP contribution in [0, 0.1) is 0 Å². The molecule has 1 unspecified atom stereocenters. The van der Waals surface area contributed by atoms with Gasteiger partial charge in [-0.25, -0.2) is 0 Å². The van der Waals surface area contributed by atoms with Crippen LogP contribution in [-0.2, 0) is 11.3 Å². The second kappa shape index (κ2) is 6.20. The molecule has 0 aliphatic carbocycles. The van der Waals surface area contributed by atoms with Crippen LogP contribution in [-0.4, -0.2) is 52.9 Å². The highest BCUT2D eigenvalue weighted by atomic mass is 16.2. The van der Waals surface area contributed by atoms with Crippen LogP contribution in [0.3, 0.4) is 0 Å². The van der Waals surface area contributed by atoms with Crippen LogP contribution in [0.15, 0.2) is 12.3 Å². The minimum Gasteiger partial charge on any atom is -0.397 e. The number of carbonyl (C=O) groups excluding carboxylic acids is 2. The lowest BCUT2D eigenvalue weighted by Crippen LogP contribution is -2.45. The smallest absolute Gasteiger partial charge is 0.271 e. The topological polar surface area (TPSA) is 71.6 Å². The summed E-state index contributed by atoms with van der Waals surface area (Å²) in [5, 5.41) is 0. The van der Waals surface area contributed by atoms with Crippen LogP contribution in [0.5, 0.6) is 0 Å². The molecule has 2 heterocycles. The van der Waals surface area contributed by atoms with Gasteiger partial charge in [0.15, 0.2) is 0 Å². The van der Waals surface area contributed by atoms with E-state index in [1.807, 2.05) is 4.57 Å². The fourth-order valence-corrected chi connectivity index (χ4v) is 2.85. The number of amides is 2. The van der Waals surface area contributed by atoms with Gasteiger partial charge in [0.05, 0.1) is 5.69 Å². The summed E-state index contributed by atoms with van der Waals surface area (Å²) in [6.07, 6.45) is 4.30. The van der Waals surface area contributed by atoms with E-state index in [2.05, 4.69) is 6.92 Å². The van der Waals surface area contributed by atoms with E-state index >= 15 is 0 Å². The molecule has 1 fully saturated rings. The minimum absolute atomic E-state index is 0.0116. The van der Waals surface area contributed by atoms with Crippen molar-refractivity contribution in [2.45, 2.75) is 38.8 Å². The van der Waals surface area contributed by atoms with E-state index in [9.17, 15) is 9.59 Å². The number of likely N-dealkylation sites (tertiary alicyclic amines) is 1. The first-order valence-corrected chi connectivity index (χ1v) is 7.43. The van der Waals surface area contributed by atoms with Crippen molar-refractivity contribution < 1.29 is 9.59 Å². The SMILES string of the molecule is CCCn1cc(N)cc1C(=O)N1CCCC1C(=O)N(C)C. The Kier molecular flexibility index (Phi) is 4.55. The predicted molar refractivity (Wildman–Crippen MR) is 81.9 cm³/mol. The molecule has 2 N–H and O–H groups in total. The molecule has 0 saturated carbocycles. The van der Waals surface area contributed by atoms with Gasteiger partial charge < -0.3 is 20.1 Å². The molecule has 0 radical (unpaired) electrons. The zero-order chi connectivity index (χ0) is 15.6. The molecule has 1 atom stereocenters. The molecule has 116 valence electrons. The van der Waals surface area contributed by atoms with Gasteiger partial charge in [-0.05, 0) is 25.3 Å². The van der Waals surface area contributed by atoms with Crippen LogP contribution >= 0.6 is 0 Å². The number of nitrogens with two attached hydrogens (primary N) is 1. The van der Waals surface area contributed by atoms with Crippen molar-refractivity contribution >= 4 is 17.5 Å². The number of nitrogen functional groups attached to an aromatic ring is 1. The standard InChI is InChI=1S/C15H24N4O2/c1-4-7-18-10-11(16)9-13(18)15(21)19-8-5-6-12(19)14(20)17(2)3/h9-10,12H,4-8,16H2,1-3H3. The third kappa shape index (κ3) is 3.04. The summed E-state index contributed by atoms with van der Waals surface area (Å²) in [5.41, 5.74) is 6.98. The molecule has 0 bridgehead atoms. The normalized spacial score (nSPS) is 18.0. The molecule has 1 aromatic rings. The fraction of sp³-hybridized carbons (Fsp3) is 0.600. The van der Waals surface area contributed by atoms with E-state index in [1.165, 1.54) is 0 Å². The molecule has 0 spiro atoms. The number of carbonyl (C=O) groups is 2. The Morgan fingerprint density at radius 1 is 1.43 bits per heavy atom. The molecule has 21 heavy (non-hydrogen) atoms. The zero-order valence-electron chi connectivity index (χ0n) is 13.0. The highest BCUT2D eigenvalue weighted by Crippen LogP contribution is 2.23. The molecule has 0 aromatic carbocycles. The molecule has 2 amide bonds. The molecule has 1 aromatic heterocycles. The number of nitrogens with zero attached hydrogens (tertiary/aromatic N) is 3. The van der Waals surface area contributed by atoms with Crippen molar-refractivity contribution in [3.8, 4) is 0 Å². The maximum atomic E-state index is 12.8. The monoisotopic (exact) mass is 292 g/mol. The lowest BCUT2D eigenvalue weighted by molar-refractivity contribution is -0.132. The molecular formula is C15H24N4O2. The van der Waals surface area contributed by atoms with Gasteiger partial charge in [-0.3, -0.25) is 9.59 Å². The quantitative estimate of drug-likeness (QED) is 0.905. The largest absolute Gasteiger partial charge is 0.397 e. The van der Waals surface area contributed by atoms with Crippen molar-refractivity contribution in [1.82, 2.24) is 14.4 Å². The molecule has 2 rings (SSSR count). The average molecular weight is 292 g/mol. The Bertz CT molecular complexity index is 536. The van der Waals surface area contributed by atoms with E-state index in [1.54, 1.807) is 36.2 Å². The number of likely N-dealkylation sites (N-methyl/N-ethyl adjacent to an activating group) is 1. The minimum atomic E-state index is -0.348.